The fraction of sp³-hybridized carbons (Fsp3) is 0.190. The summed E-state index contributed by atoms with van der Waals surface area (Å²) in [6.07, 6.45) is 12.8. The third kappa shape index (κ3) is 12.0. The van der Waals surface area contributed by atoms with Crippen LogP contribution in [0.1, 0.15) is 27.8 Å². The molecule has 0 fully saturated rings. The van der Waals surface area contributed by atoms with Gasteiger partial charge in [-0.1, -0.05) is 12.1 Å². The predicted octanol–water partition coefficient (Wildman–Crippen LogP) is 8.33. The van der Waals surface area contributed by atoms with Gasteiger partial charge in [-0.3, -0.25) is 9.59 Å². The molecule has 266 valence electrons. The van der Waals surface area contributed by atoms with E-state index in [1.165, 1.54) is 24.3 Å². The van der Waals surface area contributed by atoms with Gasteiger partial charge < -0.3 is 33.2 Å². The first-order valence-electron chi connectivity index (χ1n) is 15.8. The van der Waals surface area contributed by atoms with Crippen LogP contribution >= 0.6 is 0 Å². The highest BCUT2D eigenvalue weighted by atomic mass is 16.5. The molecule has 0 saturated heterocycles. The molecule has 0 N–H and O–H groups in total. The van der Waals surface area contributed by atoms with Gasteiger partial charge >= 0.3 is 0 Å². The Morgan fingerprint density at radius 1 is 0.392 bits per heavy atom. The van der Waals surface area contributed by atoms with Crippen molar-refractivity contribution in [1.82, 2.24) is 0 Å². The molecule has 0 aliphatic rings. The molecule has 0 amide bonds. The fourth-order valence-electron chi connectivity index (χ4n) is 4.65. The van der Waals surface area contributed by atoms with Gasteiger partial charge in [0.1, 0.15) is 40.2 Å². The van der Waals surface area contributed by atoms with Gasteiger partial charge in [-0.15, -0.1) is 0 Å². The second kappa shape index (κ2) is 20.3. The summed E-state index contributed by atoms with van der Waals surface area (Å²) < 4.78 is 36.8. The maximum Gasteiger partial charge on any atom is 0.178 e. The van der Waals surface area contributed by atoms with Gasteiger partial charge in [0.2, 0.25) is 0 Å². The molecule has 51 heavy (non-hydrogen) atoms. The van der Waals surface area contributed by atoms with Crippen molar-refractivity contribution in [2.75, 3.05) is 49.8 Å². The minimum absolute atomic E-state index is 0.125. The molecule has 0 unspecified atom stereocenters. The highest BCUT2D eigenvalue weighted by Gasteiger charge is 2.06. The lowest BCUT2D eigenvalue weighted by Gasteiger charge is -2.07. The van der Waals surface area contributed by atoms with Crippen LogP contribution in [0.3, 0.4) is 0 Å². The molecule has 0 heterocycles. The number of carbonyl (C=O) groups is 2. The second-order valence-electron chi connectivity index (χ2n) is 10.7. The molecule has 4 rings (SSSR count). The lowest BCUT2D eigenvalue weighted by Crippen LogP contribution is -1.92. The van der Waals surface area contributed by atoms with Gasteiger partial charge in [0.25, 0.3) is 0 Å². The van der Waals surface area contributed by atoms with E-state index in [0.717, 1.165) is 33.6 Å². The van der Waals surface area contributed by atoms with Crippen LogP contribution in [-0.4, -0.2) is 61.3 Å². The number of aryl methyl sites for hydroxylation is 1. The average Bonchev–Trinajstić information content (AvgIpc) is 3.17. The highest BCUT2D eigenvalue weighted by Crippen LogP contribution is 2.28. The number of ketones is 2. The molecule has 0 aliphatic carbocycles. The zero-order valence-electron chi connectivity index (χ0n) is 30.2. The van der Waals surface area contributed by atoms with Gasteiger partial charge in [0.15, 0.2) is 11.6 Å². The summed E-state index contributed by atoms with van der Waals surface area (Å²) in [4.78, 5) is 24.3. The molecular formula is C42H44O9. The van der Waals surface area contributed by atoms with Crippen LogP contribution in [0.5, 0.6) is 40.2 Å². The largest absolute Gasteiger partial charge is 0.497 e. The van der Waals surface area contributed by atoms with Gasteiger partial charge in [0, 0.05) is 28.3 Å². The van der Waals surface area contributed by atoms with Crippen LogP contribution in [-0.2, 0) is 9.59 Å². The third-order valence-corrected chi connectivity index (χ3v) is 7.41. The van der Waals surface area contributed by atoms with Gasteiger partial charge in [-0.05, 0) is 116 Å². The van der Waals surface area contributed by atoms with E-state index in [9.17, 15) is 9.59 Å². The number of carbonyl (C=O) groups excluding carboxylic acids is 2. The normalized spacial score (nSPS) is 11.0. The Kier molecular flexibility index (Phi) is 15.6. The van der Waals surface area contributed by atoms with E-state index < -0.39 is 0 Å². The fourth-order valence-corrected chi connectivity index (χ4v) is 4.65. The van der Waals surface area contributed by atoms with Crippen LogP contribution in [0.25, 0.3) is 24.3 Å². The van der Waals surface area contributed by atoms with E-state index in [1.807, 2.05) is 37.3 Å². The number of methoxy groups -OCH3 is 7. The summed E-state index contributed by atoms with van der Waals surface area (Å²) in [6.45, 7) is 1.99. The maximum atomic E-state index is 12.2. The van der Waals surface area contributed by atoms with E-state index >= 15 is 0 Å². The van der Waals surface area contributed by atoms with Crippen molar-refractivity contribution >= 4 is 35.9 Å². The molecule has 9 heteroatoms. The zero-order valence-corrected chi connectivity index (χ0v) is 30.2. The summed E-state index contributed by atoms with van der Waals surface area (Å²) in [5, 5.41) is 0. The lowest BCUT2D eigenvalue weighted by molar-refractivity contribution is -0.111. The first-order valence-corrected chi connectivity index (χ1v) is 15.8. The van der Waals surface area contributed by atoms with Gasteiger partial charge in [-0.2, -0.15) is 0 Å². The van der Waals surface area contributed by atoms with Crippen LogP contribution in [0, 0.1) is 6.92 Å². The number of rotatable bonds is 15. The van der Waals surface area contributed by atoms with Crippen LogP contribution < -0.4 is 33.2 Å². The van der Waals surface area contributed by atoms with Crippen molar-refractivity contribution in [3.8, 4) is 40.2 Å². The number of hydrogen-bond acceptors (Lipinski definition) is 9. The molecule has 9 nitrogen and oxygen atoms in total. The zero-order chi connectivity index (χ0) is 37.2. The average molecular weight is 693 g/mol. The third-order valence-electron chi connectivity index (χ3n) is 7.41. The highest BCUT2D eigenvalue weighted by molar-refractivity contribution is 6.05. The minimum Gasteiger partial charge on any atom is -0.497 e. The van der Waals surface area contributed by atoms with Crippen molar-refractivity contribution in [3.63, 3.8) is 0 Å². The molecule has 0 aromatic heterocycles. The number of hydrogen-bond donors (Lipinski definition) is 0. The van der Waals surface area contributed by atoms with Crippen LogP contribution in [0.15, 0.2) is 97.1 Å². The van der Waals surface area contributed by atoms with Crippen molar-refractivity contribution in [2.24, 2.45) is 0 Å². The van der Waals surface area contributed by atoms with Crippen molar-refractivity contribution in [1.29, 1.82) is 0 Å². The number of ether oxygens (including phenoxy) is 7. The summed E-state index contributed by atoms with van der Waals surface area (Å²) in [6, 6.07) is 22.1. The minimum atomic E-state index is -0.167. The van der Waals surface area contributed by atoms with Gasteiger partial charge in [0.05, 0.1) is 49.8 Å². The summed E-state index contributed by atoms with van der Waals surface area (Å²) in [5.74, 6) is 4.50. The first-order chi connectivity index (χ1) is 24.7. The predicted molar refractivity (Wildman–Crippen MR) is 203 cm³/mol. The first kappa shape index (κ1) is 39.2. The molecular weight excluding hydrogens is 648 g/mol. The molecule has 4 aromatic carbocycles. The smallest absolute Gasteiger partial charge is 0.178 e. The molecule has 0 aliphatic heterocycles. The van der Waals surface area contributed by atoms with Crippen LogP contribution in [0.2, 0.25) is 0 Å². The molecule has 0 radical (unpaired) electrons. The van der Waals surface area contributed by atoms with E-state index in [1.54, 1.807) is 117 Å². The molecule has 0 saturated carbocycles. The Morgan fingerprint density at radius 3 is 1.16 bits per heavy atom. The van der Waals surface area contributed by atoms with Crippen molar-refractivity contribution < 1.29 is 42.7 Å². The van der Waals surface area contributed by atoms with E-state index in [-0.39, 0.29) is 11.6 Å². The second-order valence-corrected chi connectivity index (χ2v) is 10.7. The quantitative estimate of drug-likeness (QED) is 0.114. The SMILES string of the molecule is COc1ccc(/C=C/C(=O)/C=C/c2ccc(C)cc2OC)c(OC)c1.COc1ccc(OC)c(/C=C/C(=O)/C=C/c2cc(OC)ccc2OC)c1. The Morgan fingerprint density at radius 2 is 0.745 bits per heavy atom. The van der Waals surface area contributed by atoms with E-state index in [0.29, 0.717) is 34.5 Å². The Bertz CT molecular complexity index is 1830. The standard InChI is InChI=1S/C21H22O5.C21H22O4/c1-23-18-9-11-20(25-3)15(13-18)5-7-17(22)8-6-16-14-19(24-2)10-12-21(16)26-4;1-15-5-6-16(20(13-15)24-3)7-10-18(22)11-8-17-9-12-19(23-2)14-21(17)25-4/h5-14H,1-4H3;5-14H,1-4H3/b7-5+,8-6+;10-7+,11-8+. The topological polar surface area (TPSA) is 98.8 Å². The monoisotopic (exact) mass is 692 g/mol. The van der Waals surface area contributed by atoms with Crippen LogP contribution in [0.4, 0.5) is 0 Å². The number of benzene rings is 4. The maximum absolute atomic E-state index is 12.2. The molecule has 0 bridgehead atoms. The van der Waals surface area contributed by atoms with Crippen molar-refractivity contribution in [2.45, 2.75) is 6.92 Å². The van der Waals surface area contributed by atoms with Crippen molar-refractivity contribution in [3.05, 3.63) is 125 Å². The Labute approximate surface area is 300 Å². The summed E-state index contributed by atoms with van der Waals surface area (Å²) in [7, 11) is 11.1. The van der Waals surface area contributed by atoms with Gasteiger partial charge in [-0.25, -0.2) is 0 Å². The molecule has 0 spiro atoms. The lowest BCUT2D eigenvalue weighted by atomic mass is 10.1. The molecule has 0 atom stereocenters. The Balaban J connectivity index is 0.000000276. The Hall–Kier alpha value is -6.22. The van der Waals surface area contributed by atoms with E-state index in [4.69, 9.17) is 33.2 Å². The summed E-state index contributed by atoms with van der Waals surface area (Å²) >= 11 is 0. The summed E-state index contributed by atoms with van der Waals surface area (Å²) in [5.41, 5.74) is 4.28. The van der Waals surface area contributed by atoms with E-state index in [2.05, 4.69) is 0 Å². The molecule has 4 aromatic rings. The number of allylic oxidation sites excluding steroid dienone is 4.